The summed E-state index contributed by atoms with van der Waals surface area (Å²) in [5, 5.41) is 3.66. The smallest absolute Gasteiger partial charge is 0.0449 e. The molecule has 2 rings (SSSR count). The predicted octanol–water partition coefficient (Wildman–Crippen LogP) is 2.68. The first-order valence-corrected chi connectivity index (χ1v) is 6.76. The van der Waals surface area contributed by atoms with E-state index in [2.05, 4.69) is 54.4 Å². The molecular formula is C15H24N2. The molecule has 94 valence electrons. The van der Waals surface area contributed by atoms with E-state index in [4.69, 9.17) is 0 Å². The first kappa shape index (κ1) is 12.6. The van der Waals surface area contributed by atoms with Gasteiger partial charge in [-0.3, -0.25) is 0 Å². The number of nitrogens with zero attached hydrogens (tertiary/aromatic N) is 1. The molecule has 0 radical (unpaired) electrons. The van der Waals surface area contributed by atoms with Crippen LogP contribution < -0.4 is 5.32 Å². The lowest BCUT2D eigenvalue weighted by atomic mass is 10.1. The molecule has 0 aromatic heterocycles. The van der Waals surface area contributed by atoms with Gasteiger partial charge >= 0.3 is 0 Å². The third-order valence-corrected chi connectivity index (χ3v) is 3.31. The molecule has 0 bridgehead atoms. The maximum Gasteiger partial charge on any atom is 0.0449 e. The standard InChI is InChI=1S/C15H24N2/c1-13(2)11-17-10-6-9-16-15(12-17)14-7-4-3-5-8-14/h3-5,7-8,13,15-16H,6,9-12H2,1-2H3. The van der Waals surface area contributed by atoms with Gasteiger partial charge < -0.3 is 10.2 Å². The van der Waals surface area contributed by atoms with E-state index < -0.39 is 0 Å². The zero-order valence-electron chi connectivity index (χ0n) is 11.0. The Balaban J connectivity index is 2.02. The lowest BCUT2D eigenvalue weighted by Gasteiger charge is -2.26. The average Bonchev–Trinajstić information content (AvgIpc) is 2.55. The van der Waals surface area contributed by atoms with Crippen molar-refractivity contribution in [2.75, 3.05) is 26.2 Å². The van der Waals surface area contributed by atoms with Gasteiger partial charge in [-0.2, -0.15) is 0 Å². The summed E-state index contributed by atoms with van der Waals surface area (Å²) < 4.78 is 0. The third-order valence-electron chi connectivity index (χ3n) is 3.31. The highest BCUT2D eigenvalue weighted by Gasteiger charge is 2.19. The van der Waals surface area contributed by atoms with Crippen LogP contribution in [0.25, 0.3) is 0 Å². The molecule has 0 aliphatic carbocycles. The summed E-state index contributed by atoms with van der Waals surface area (Å²) in [6.45, 7) is 9.32. The molecule has 1 unspecified atom stereocenters. The molecular weight excluding hydrogens is 208 g/mol. The maximum absolute atomic E-state index is 3.66. The Bertz CT molecular complexity index is 321. The maximum atomic E-state index is 3.66. The predicted molar refractivity (Wildman–Crippen MR) is 73.1 cm³/mol. The fraction of sp³-hybridized carbons (Fsp3) is 0.600. The molecule has 2 heteroatoms. The van der Waals surface area contributed by atoms with Crippen molar-refractivity contribution in [1.29, 1.82) is 0 Å². The highest BCUT2D eigenvalue weighted by Crippen LogP contribution is 2.17. The number of benzene rings is 1. The van der Waals surface area contributed by atoms with Gasteiger partial charge in [0.2, 0.25) is 0 Å². The molecule has 0 spiro atoms. The number of hydrogen-bond acceptors (Lipinski definition) is 2. The van der Waals surface area contributed by atoms with Crippen molar-refractivity contribution in [3.63, 3.8) is 0 Å². The van der Waals surface area contributed by atoms with Gasteiger partial charge in [0, 0.05) is 19.1 Å². The van der Waals surface area contributed by atoms with Crippen LogP contribution in [-0.4, -0.2) is 31.1 Å². The van der Waals surface area contributed by atoms with E-state index in [1.807, 2.05) is 0 Å². The van der Waals surface area contributed by atoms with Gasteiger partial charge in [-0.15, -0.1) is 0 Å². The molecule has 1 aliphatic rings. The molecule has 1 aromatic rings. The molecule has 0 amide bonds. The minimum Gasteiger partial charge on any atom is -0.309 e. The second-order valence-corrected chi connectivity index (χ2v) is 5.42. The van der Waals surface area contributed by atoms with Crippen molar-refractivity contribution in [2.45, 2.75) is 26.3 Å². The summed E-state index contributed by atoms with van der Waals surface area (Å²) in [6, 6.07) is 11.3. The first-order chi connectivity index (χ1) is 8.25. The SMILES string of the molecule is CC(C)CN1CCCNC(c2ccccc2)C1. The van der Waals surface area contributed by atoms with Crippen molar-refractivity contribution < 1.29 is 0 Å². The largest absolute Gasteiger partial charge is 0.309 e. The molecule has 1 atom stereocenters. The van der Waals surface area contributed by atoms with Gasteiger partial charge in [0.05, 0.1) is 0 Å². The molecule has 2 nitrogen and oxygen atoms in total. The average molecular weight is 232 g/mol. The zero-order valence-corrected chi connectivity index (χ0v) is 11.0. The van der Waals surface area contributed by atoms with Gasteiger partial charge in [0.15, 0.2) is 0 Å². The molecule has 0 saturated carbocycles. The number of hydrogen-bond donors (Lipinski definition) is 1. The lowest BCUT2D eigenvalue weighted by molar-refractivity contribution is 0.240. The topological polar surface area (TPSA) is 15.3 Å². The molecule has 1 aromatic carbocycles. The fourth-order valence-corrected chi connectivity index (χ4v) is 2.58. The summed E-state index contributed by atoms with van der Waals surface area (Å²) in [5.41, 5.74) is 1.42. The van der Waals surface area contributed by atoms with Crippen molar-refractivity contribution in [1.82, 2.24) is 10.2 Å². The second kappa shape index (κ2) is 6.18. The Hall–Kier alpha value is -0.860. The van der Waals surface area contributed by atoms with Crippen LogP contribution in [0.3, 0.4) is 0 Å². The Kier molecular flexibility index (Phi) is 4.57. The Morgan fingerprint density at radius 2 is 2.06 bits per heavy atom. The van der Waals surface area contributed by atoms with Crippen LogP contribution in [0, 0.1) is 5.92 Å². The van der Waals surface area contributed by atoms with Crippen LogP contribution in [0.1, 0.15) is 31.9 Å². The Morgan fingerprint density at radius 3 is 2.76 bits per heavy atom. The Labute approximate surface area is 105 Å². The minimum absolute atomic E-state index is 0.498. The number of nitrogens with one attached hydrogen (secondary N) is 1. The second-order valence-electron chi connectivity index (χ2n) is 5.42. The molecule has 1 aliphatic heterocycles. The lowest BCUT2D eigenvalue weighted by Crippen LogP contribution is -2.33. The van der Waals surface area contributed by atoms with Crippen molar-refractivity contribution in [3.05, 3.63) is 35.9 Å². The van der Waals surface area contributed by atoms with Crippen molar-refractivity contribution in [3.8, 4) is 0 Å². The van der Waals surface area contributed by atoms with Crippen LogP contribution >= 0.6 is 0 Å². The van der Waals surface area contributed by atoms with Gasteiger partial charge in [-0.05, 0) is 31.0 Å². The first-order valence-electron chi connectivity index (χ1n) is 6.76. The van der Waals surface area contributed by atoms with Crippen LogP contribution in [0.2, 0.25) is 0 Å². The molecule has 1 saturated heterocycles. The van der Waals surface area contributed by atoms with Crippen molar-refractivity contribution in [2.24, 2.45) is 5.92 Å². The van der Waals surface area contributed by atoms with E-state index in [1.165, 1.54) is 25.1 Å². The van der Waals surface area contributed by atoms with E-state index in [-0.39, 0.29) is 0 Å². The fourth-order valence-electron chi connectivity index (χ4n) is 2.58. The molecule has 17 heavy (non-hydrogen) atoms. The summed E-state index contributed by atoms with van der Waals surface area (Å²) >= 11 is 0. The normalized spacial score (nSPS) is 22.6. The summed E-state index contributed by atoms with van der Waals surface area (Å²) in [6.07, 6.45) is 1.26. The monoisotopic (exact) mass is 232 g/mol. The quantitative estimate of drug-likeness (QED) is 0.862. The van der Waals surface area contributed by atoms with Crippen LogP contribution in [0.15, 0.2) is 30.3 Å². The Morgan fingerprint density at radius 1 is 1.29 bits per heavy atom. The summed E-state index contributed by atoms with van der Waals surface area (Å²) in [7, 11) is 0. The van der Waals surface area contributed by atoms with E-state index >= 15 is 0 Å². The summed E-state index contributed by atoms with van der Waals surface area (Å²) in [5.74, 6) is 0.754. The van der Waals surface area contributed by atoms with Crippen molar-refractivity contribution >= 4 is 0 Å². The van der Waals surface area contributed by atoms with Crippen LogP contribution in [0.4, 0.5) is 0 Å². The van der Waals surface area contributed by atoms with E-state index in [1.54, 1.807) is 0 Å². The van der Waals surface area contributed by atoms with Gasteiger partial charge in [-0.1, -0.05) is 44.2 Å². The highest BCUT2D eigenvalue weighted by atomic mass is 15.2. The van der Waals surface area contributed by atoms with E-state index in [0.717, 1.165) is 19.0 Å². The highest BCUT2D eigenvalue weighted by molar-refractivity contribution is 5.19. The van der Waals surface area contributed by atoms with E-state index in [0.29, 0.717) is 6.04 Å². The van der Waals surface area contributed by atoms with Gasteiger partial charge in [0.1, 0.15) is 0 Å². The third kappa shape index (κ3) is 3.83. The van der Waals surface area contributed by atoms with E-state index in [9.17, 15) is 0 Å². The minimum atomic E-state index is 0.498. The van der Waals surface area contributed by atoms with Gasteiger partial charge in [0.25, 0.3) is 0 Å². The zero-order chi connectivity index (χ0) is 12.1. The molecule has 1 heterocycles. The van der Waals surface area contributed by atoms with Crippen LogP contribution in [-0.2, 0) is 0 Å². The summed E-state index contributed by atoms with van der Waals surface area (Å²) in [4.78, 5) is 2.60. The van der Waals surface area contributed by atoms with Crippen LogP contribution in [0.5, 0.6) is 0 Å². The number of rotatable bonds is 3. The molecule has 1 fully saturated rings. The van der Waals surface area contributed by atoms with Gasteiger partial charge in [-0.25, -0.2) is 0 Å². The molecule has 1 N–H and O–H groups in total.